The van der Waals surface area contributed by atoms with Gasteiger partial charge in [0.1, 0.15) is 0 Å². The van der Waals surface area contributed by atoms with E-state index in [2.05, 4.69) is 15.2 Å². The Morgan fingerprint density at radius 1 is 1.11 bits per heavy atom. The minimum atomic E-state index is -0.0581. The van der Waals surface area contributed by atoms with Crippen molar-refractivity contribution in [1.82, 2.24) is 9.88 Å². The first-order valence-corrected chi connectivity index (χ1v) is 9.74. The number of nitrogens with zero attached hydrogens (tertiary/aromatic N) is 1. The van der Waals surface area contributed by atoms with Crippen LogP contribution >= 0.6 is 0 Å². The predicted octanol–water partition coefficient (Wildman–Crippen LogP) is 3.77. The lowest BCUT2D eigenvalue weighted by Crippen LogP contribution is -2.15. The number of aromatic nitrogens is 1. The van der Waals surface area contributed by atoms with Gasteiger partial charge in [-0.2, -0.15) is 0 Å². The average Bonchev–Trinajstić information content (AvgIpc) is 3.03. The van der Waals surface area contributed by atoms with Crippen molar-refractivity contribution >= 4 is 22.4 Å². The third-order valence-electron chi connectivity index (χ3n) is 5.32. The summed E-state index contributed by atoms with van der Waals surface area (Å²) in [5.74, 6) is 0.0491. The summed E-state index contributed by atoms with van der Waals surface area (Å²) < 4.78 is 0. The summed E-state index contributed by atoms with van der Waals surface area (Å²) in [5.41, 5.74) is 4.99. The molecule has 0 unspecified atom stereocenters. The van der Waals surface area contributed by atoms with Gasteiger partial charge in [-0.3, -0.25) is 9.59 Å². The molecular weight excluding hydrogens is 350 g/mol. The Morgan fingerprint density at radius 2 is 1.89 bits per heavy atom. The summed E-state index contributed by atoms with van der Waals surface area (Å²) in [6, 6.07) is 13.7. The van der Waals surface area contributed by atoms with Crippen LogP contribution in [0.15, 0.2) is 47.3 Å². The molecule has 4 rings (SSSR count). The standard InChI is InChI=1S/C23H25N3O2/c1-26(2)12-6-5-9-21(27)24-16-10-11-17-15(13-16)14-20-18-7-3-4-8-19(18)23(28)25-22(17)20/h3-4,7-8,10-11,13H,5-6,9,12,14H2,1-2H3,(H,24,27)(H,25,28). The number of amides is 1. The van der Waals surface area contributed by atoms with Crippen molar-refractivity contribution in [2.24, 2.45) is 0 Å². The molecule has 2 aromatic carbocycles. The molecule has 0 fully saturated rings. The van der Waals surface area contributed by atoms with Crippen LogP contribution in [-0.2, 0) is 11.2 Å². The largest absolute Gasteiger partial charge is 0.326 e. The van der Waals surface area contributed by atoms with Gasteiger partial charge in [-0.05, 0) is 68.2 Å². The molecule has 5 nitrogen and oxygen atoms in total. The van der Waals surface area contributed by atoms with Gasteiger partial charge in [-0.1, -0.05) is 24.3 Å². The number of benzene rings is 2. The second-order valence-electron chi connectivity index (χ2n) is 7.71. The topological polar surface area (TPSA) is 65.2 Å². The Hall–Kier alpha value is -2.92. The van der Waals surface area contributed by atoms with Crippen LogP contribution in [-0.4, -0.2) is 36.4 Å². The molecule has 28 heavy (non-hydrogen) atoms. The Bertz CT molecular complexity index is 1100. The van der Waals surface area contributed by atoms with Crippen LogP contribution in [0.5, 0.6) is 0 Å². The van der Waals surface area contributed by atoms with E-state index >= 15 is 0 Å². The predicted molar refractivity (Wildman–Crippen MR) is 114 cm³/mol. The summed E-state index contributed by atoms with van der Waals surface area (Å²) in [5, 5.41) is 4.74. The average molecular weight is 375 g/mol. The molecule has 144 valence electrons. The molecule has 0 radical (unpaired) electrons. The van der Waals surface area contributed by atoms with Crippen LogP contribution in [0, 0.1) is 0 Å². The molecule has 2 N–H and O–H groups in total. The van der Waals surface area contributed by atoms with Crippen molar-refractivity contribution in [3.05, 3.63) is 63.9 Å². The fraction of sp³-hybridized carbons (Fsp3) is 0.304. The van der Waals surface area contributed by atoms with Gasteiger partial charge in [0.2, 0.25) is 5.91 Å². The number of nitrogens with one attached hydrogen (secondary N) is 2. The van der Waals surface area contributed by atoms with E-state index in [0.717, 1.165) is 64.7 Å². The maximum Gasteiger partial charge on any atom is 0.256 e. The summed E-state index contributed by atoms with van der Waals surface area (Å²) in [4.78, 5) is 29.8. The minimum Gasteiger partial charge on any atom is -0.326 e. The quantitative estimate of drug-likeness (QED) is 0.504. The van der Waals surface area contributed by atoms with Crippen LogP contribution < -0.4 is 10.9 Å². The molecule has 0 bridgehead atoms. The molecule has 1 aliphatic rings. The summed E-state index contributed by atoms with van der Waals surface area (Å²) in [6.07, 6.45) is 3.19. The summed E-state index contributed by atoms with van der Waals surface area (Å²) in [7, 11) is 4.08. The Kier molecular flexibility index (Phi) is 5.01. The van der Waals surface area contributed by atoms with Gasteiger partial charge in [0.25, 0.3) is 5.56 Å². The highest BCUT2D eigenvalue weighted by Crippen LogP contribution is 2.38. The molecule has 0 spiro atoms. The first-order chi connectivity index (χ1) is 13.5. The molecule has 1 amide bonds. The van der Waals surface area contributed by atoms with Gasteiger partial charge in [-0.25, -0.2) is 0 Å². The van der Waals surface area contributed by atoms with Crippen molar-refractivity contribution in [3.8, 4) is 11.3 Å². The summed E-state index contributed by atoms with van der Waals surface area (Å²) in [6.45, 7) is 0.997. The fourth-order valence-corrected chi connectivity index (χ4v) is 3.94. The maximum atomic E-state index is 12.4. The van der Waals surface area contributed by atoms with Gasteiger partial charge in [0, 0.05) is 29.5 Å². The number of carbonyl (C=O) groups excluding carboxylic acids is 1. The monoisotopic (exact) mass is 375 g/mol. The van der Waals surface area contributed by atoms with Crippen molar-refractivity contribution in [3.63, 3.8) is 0 Å². The number of rotatable bonds is 6. The molecule has 0 atom stereocenters. The SMILES string of the molecule is CN(C)CCCCC(=O)Nc1ccc2c(c1)Cc1c-2[nH]c(=O)c2ccccc12. The van der Waals surface area contributed by atoms with Crippen LogP contribution in [0.1, 0.15) is 30.4 Å². The van der Waals surface area contributed by atoms with E-state index < -0.39 is 0 Å². The molecule has 0 aliphatic heterocycles. The highest BCUT2D eigenvalue weighted by atomic mass is 16.1. The highest BCUT2D eigenvalue weighted by Gasteiger charge is 2.22. The van der Waals surface area contributed by atoms with E-state index in [1.54, 1.807) is 0 Å². The lowest BCUT2D eigenvalue weighted by atomic mass is 10.0. The van der Waals surface area contributed by atoms with Crippen molar-refractivity contribution < 1.29 is 4.79 Å². The van der Waals surface area contributed by atoms with Crippen LogP contribution in [0.2, 0.25) is 0 Å². The van der Waals surface area contributed by atoms with Gasteiger partial charge < -0.3 is 15.2 Å². The summed E-state index contributed by atoms with van der Waals surface area (Å²) >= 11 is 0. The second kappa shape index (κ2) is 7.60. The number of unbranched alkanes of at least 4 members (excludes halogenated alkanes) is 1. The molecule has 1 aromatic heterocycles. The maximum absolute atomic E-state index is 12.4. The van der Waals surface area contributed by atoms with Crippen LogP contribution in [0.4, 0.5) is 5.69 Å². The zero-order valence-corrected chi connectivity index (χ0v) is 16.3. The zero-order chi connectivity index (χ0) is 19.7. The smallest absolute Gasteiger partial charge is 0.256 e. The highest BCUT2D eigenvalue weighted by molar-refractivity contribution is 5.94. The number of aromatic amines is 1. The van der Waals surface area contributed by atoms with Gasteiger partial charge in [0.05, 0.1) is 5.69 Å². The molecule has 1 aliphatic carbocycles. The number of hydrogen-bond donors (Lipinski definition) is 2. The number of anilines is 1. The molecule has 3 aromatic rings. The van der Waals surface area contributed by atoms with Crippen molar-refractivity contribution in [1.29, 1.82) is 0 Å². The van der Waals surface area contributed by atoms with Crippen LogP contribution in [0.3, 0.4) is 0 Å². The number of fused-ring (bicyclic) bond motifs is 5. The first-order valence-electron chi connectivity index (χ1n) is 9.74. The van der Waals surface area contributed by atoms with Crippen molar-refractivity contribution in [2.75, 3.05) is 26.0 Å². The lowest BCUT2D eigenvalue weighted by Gasteiger charge is -2.10. The van der Waals surface area contributed by atoms with Crippen molar-refractivity contribution in [2.45, 2.75) is 25.7 Å². The Morgan fingerprint density at radius 3 is 2.68 bits per heavy atom. The number of carbonyl (C=O) groups is 1. The Labute approximate surface area is 164 Å². The Balaban J connectivity index is 1.52. The number of pyridine rings is 1. The van der Waals surface area contributed by atoms with Gasteiger partial charge >= 0.3 is 0 Å². The third-order valence-corrected chi connectivity index (χ3v) is 5.32. The molecule has 1 heterocycles. The second-order valence-corrected chi connectivity index (χ2v) is 7.71. The van der Waals surface area contributed by atoms with E-state index in [0.29, 0.717) is 6.42 Å². The van der Waals surface area contributed by atoms with E-state index in [4.69, 9.17) is 0 Å². The normalized spacial score (nSPS) is 12.2. The van der Waals surface area contributed by atoms with E-state index in [1.807, 2.05) is 56.6 Å². The van der Waals surface area contributed by atoms with Gasteiger partial charge in [-0.15, -0.1) is 0 Å². The van der Waals surface area contributed by atoms with E-state index in [-0.39, 0.29) is 11.5 Å². The molecule has 5 heteroatoms. The number of hydrogen-bond acceptors (Lipinski definition) is 3. The zero-order valence-electron chi connectivity index (χ0n) is 16.3. The third kappa shape index (κ3) is 3.58. The van der Waals surface area contributed by atoms with E-state index in [1.165, 1.54) is 0 Å². The molecule has 0 saturated heterocycles. The minimum absolute atomic E-state index is 0.0491. The van der Waals surface area contributed by atoms with Gasteiger partial charge in [0.15, 0.2) is 0 Å². The van der Waals surface area contributed by atoms with E-state index in [9.17, 15) is 9.59 Å². The molecular formula is C23H25N3O2. The van der Waals surface area contributed by atoms with Crippen LogP contribution in [0.25, 0.3) is 22.0 Å². The lowest BCUT2D eigenvalue weighted by molar-refractivity contribution is -0.116. The fourth-order valence-electron chi connectivity index (χ4n) is 3.94. The number of H-pyrrole nitrogens is 1. The first kappa shape index (κ1) is 18.4. The molecule has 0 saturated carbocycles.